The lowest BCUT2D eigenvalue weighted by atomic mass is 9.66. The van der Waals surface area contributed by atoms with Crippen molar-refractivity contribution in [1.82, 2.24) is 0 Å². The zero-order valence-corrected chi connectivity index (χ0v) is 14.6. The van der Waals surface area contributed by atoms with Crippen LogP contribution in [0.1, 0.15) is 39.2 Å². The number of benzene rings is 1. The summed E-state index contributed by atoms with van der Waals surface area (Å²) in [5.74, 6) is -1.12. The smallest absolute Gasteiger partial charge is 0.416 e. The van der Waals surface area contributed by atoms with Crippen molar-refractivity contribution in [2.24, 2.45) is 10.8 Å². The maximum atomic E-state index is 12.9. The second-order valence-electron chi connectivity index (χ2n) is 7.32. The van der Waals surface area contributed by atoms with Gasteiger partial charge in [-0.1, -0.05) is 25.4 Å². The quantitative estimate of drug-likeness (QED) is 0.778. The Balaban J connectivity index is 1.95. The number of rotatable bonds is 2. The predicted molar refractivity (Wildman–Crippen MR) is 85.0 cm³/mol. The van der Waals surface area contributed by atoms with Gasteiger partial charge in [0.15, 0.2) is 5.60 Å². The third kappa shape index (κ3) is 2.28. The van der Waals surface area contributed by atoms with E-state index in [-0.39, 0.29) is 10.7 Å². The topological polar surface area (TPSA) is 55.4 Å². The van der Waals surface area contributed by atoms with E-state index in [0.717, 1.165) is 18.2 Å². The molecule has 1 aliphatic heterocycles. The van der Waals surface area contributed by atoms with Gasteiger partial charge >= 0.3 is 12.1 Å². The summed E-state index contributed by atoms with van der Waals surface area (Å²) in [6, 6.07) is 2.68. The molecule has 1 N–H and O–H groups in total. The Labute approximate surface area is 147 Å². The van der Waals surface area contributed by atoms with E-state index < -0.39 is 40.0 Å². The molecule has 136 valence electrons. The standard InChI is InChI=1S/C17H17ClF3NO3/c1-14(2)15(3)6-7-16(14,25-13(15)24)12(23)22-11-8-9(17(19,20)21)4-5-10(11)18/h4-5,8H,6-7H2,1-3H3,(H,22,23)/t15-,16+/m0/s1. The molecule has 3 rings (SSSR count). The molecule has 2 atom stereocenters. The van der Waals surface area contributed by atoms with E-state index in [4.69, 9.17) is 16.3 Å². The number of amides is 1. The minimum absolute atomic E-state index is 0.0272. The highest BCUT2D eigenvalue weighted by atomic mass is 35.5. The largest absolute Gasteiger partial charge is 0.448 e. The van der Waals surface area contributed by atoms with Gasteiger partial charge in [-0.3, -0.25) is 9.59 Å². The summed E-state index contributed by atoms with van der Waals surface area (Å²) in [5.41, 5.74) is -4.11. The monoisotopic (exact) mass is 375 g/mol. The molecule has 1 saturated carbocycles. The maximum absolute atomic E-state index is 12.9. The molecular formula is C17H17ClF3NO3. The summed E-state index contributed by atoms with van der Waals surface area (Å²) in [4.78, 5) is 25.1. The zero-order chi connectivity index (χ0) is 18.8. The van der Waals surface area contributed by atoms with Crippen LogP contribution >= 0.6 is 11.6 Å². The van der Waals surface area contributed by atoms with Gasteiger partial charge in [0.1, 0.15) is 0 Å². The number of hydrogen-bond donors (Lipinski definition) is 1. The van der Waals surface area contributed by atoms with Gasteiger partial charge in [-0.05, 0) is 38.0 Å². The summed E-state index contributed by atoms with van der Waals surface area (Å²) >= 11 is 5.93. The Kier molecular flexibility index (Phi) is 3.70. The molecule has 1 aromatic rings. The first kappa shape index (κ1) is 18.0. The van der Waals surface area contributed by atoms with E-state index in [1.165, 1.54) is 0 Å². The first-order valence-corrected chi connectivity index (χ1v) is 8.15. The van der Waals surface area contributed by atoms with E-state index >= 15 is 0 Å². The molecule has 1 saturated heterocycles. The summed E-state index contributed by atoms with van der Waals surface area (Å²) in [7, 11) is 0. The maximum Gasteiger partial charge on any atom is 0.416 e. The fourth-order valence-corrected chi connectivity index (χ4v) is 3.93. The van der Waals surface area contributed by atoms with Crippen LogP contribution in [0.3, 0.4) is 0 Å². The average molecular weight is 376 g/mol. The second kappa shape index (κ2) is 5.13. The van der Waals surface area contributed by atoms with Crippen LogP contribution in [0.5, 0.6) is 0 Å². The Hall–Kier alpha value is -1.76. The Morgan fingerprint density at radius 2 is 1.88 bits per heavy atom. The van der Waals surface area contributed by atoms with Crippen LogP contribution in [0.15, 0.2) is 18.2 Å². The molecule has 0 spiro atoms. The molecule has 1 aliphatic carbocycles. The molecule has 0 radical (unpaired) electrons. The van der Waals surface area contributed by atoms with Crippen LogP contribution in [0.2, 0.25) is 5.02 Å². The molecule has 1 aromatic carbocycles. The second-order valence-corrected chi connectivity index (χ2v) is 7.73. The van der Waals surface area contributed by atoms with Crippen LogP contribution in [0.25, 0.3) is 0 Å². The van der Waals surface area contributed by atoms with Crippen molar-refractivity contribution in [3.05, 3.63) is 28.8 Å². The number of halogens is 4. The van der Waals surface area contributed by atoms with Gasteiger partial charge in [0.05, 0.1) is 21.7 Å². The highest BCUT2D eigenvalue weighted by Gasteiger charge is 2.75. The summed E-state index contributed by atoms with van der Waals surface area (Å²) < 4.78 is 44.1. The lowest BCUT2D eigenvalue weighted by Gasteiger charge is -2.35. The highest BCUT2D eigenvalue weighted by Crippen LogP contribution is 2.65. The molecular weight excluding hydrogens is 359 g/mol. The van der Waals surface area contributed by atoms with E-state index in [1.807, 2.05) is 0 Å². The summed E-state index contributed by atoms with van der Waals surface area (Å²) in [6.45, 7) is 5.27. The Morgan fingerprint density at radius 3 is 2.36 bits per heavy atom. The number of hydrogen-bond acceptors (Lipinski definition) is 3. The lowest BCUT2D eigenvalue weighted by molar-refractivity contribution is -0.165. The lowest BCUT2D eigenvalue weighted by Crippen LogP contribution is -2.50. The van der Waals surface area contributed by atoms with Gasteiger partial charge in [-0.25, -0.2) is 0 Å². The number of nitrogens with one attached hydrogen (secondary N) is 1. The molecule has 25 heavy (non-hydrogen) atoms. The molecule has 2 fully saturated rings. The number of carbonyl (C=O) groups is 2. The van der Waals surface area contributed by atoms with Crippen molar-refractivity contribution < 1.29 is 27.5 Å². The third-order valence-corrected chi connectivity index (χ3v) is 6.32. The van der Waals surface area contributed by atoms with Crippen molar-refractivity contribution >= 4 is 29.2 Å². The number of ether oxygens (including phenoxy) is 1. The molecule has 1 heterocycles. The summed E-state index contributed by atoms with van der Waals surface area (Å²) in [5, 5.41) is 2.40. The van der Waals surface area contributed by atoms with Gasteiger partial charge in [0, 0.05) is 5.41 Å². The van der Waals surface area contributed by atoms with Crippen molar-refractivity contribution in [2.75, 3.05) is 5.32 Å². The molecule has 0 unspecified atom stereocenters. The van der Waals surface area contributed by atoms with E-state index in [2.05, 4.69) is 5.32 Å². The van der Waals surface area contributed by atoms with Crippen molar-refractivity contribution in [1.29, 1.82) is 0 Å². The fraction of sp³-hybridized carbons (Fsp3) is 0.529. The predicted octanol–water partition coefficient (Wildman–Crippen LogP) is 4.42. The van der Waals surface area contributed by atoms with Gasteiger partial charge in [0.2, 0.25) is 0 Å². The molecule has 2 aliphatic rings. The number of esters is 1. The normalized spacial score (nSPS) is 30.3. The molecule has 8 heteroatoms. The SMILES string of the molecule is CC1(C)[C@@]2(C)CC[C@]1(C(=O)Nc1cc(C(F)(F)F)ccc1Cl)OC2=O. The molecule has 2 bridgehead atoms. The minimum atomic E-state index is -4.56. The van der Waals surface area contributed by atoms with Crippen LogP contribution < -0.4 is 5.32 Å². The van der Waals surface area contributed by atoms with Gasteiger partial charge in [-0.15, -0.1) is 0 Å². The summed E-state index contributed by atoms with van der Waals surface area (Å²) in [6.07, 6.45) is -3.78. The van der Waals surface area contributed by atoms with E-state index in [1.54, 1.807) is 20.8 Å². The number of alkyl halides is 3. The fourth-order valence-electron chi connectivity index (χ4n) is 3.77. The molecule has 0 aromatic heterocycles. The first-order chi connectivity index (χ1) is 11.3. The van der Waals surface area contributed by atoms with Crippen LogP contribution in [0, 0.1) is 10.8 Å². The Bertz CT molecular complexity index is 777. The van der Waals surface area contributed by atoms with Gasteiger partial charge in [0.25, 0.3) is 5.91 Å². The molecule has 1 amide bonds. The van der Waals surface area contributed by atoms with Crippen molar-refractivity contribution in [3.8, 4) is 0 Å². The third-order valence-electron chi connectivity index (χ3n) is 5.99. The number of carbonyl (C=O) groups excluding carboxylic acids is 2. The number of fused-ring (bicyclic) bond motifs is 2. The first-order valence-electron chi connectivity index (χ1n) is 7.77. The number of anilines is 1. The van der Waals surface area contributed by atoms with E-state index in [9.17, 15) is 22.8 Å². The van der Waals surface area contributed by atoms with Crippen LogP contribution in [-0.2, 0) is 20.5 Å². The van der Waals surface area contributed by atoms with Crippen LogP contribution in [0.4, 0.5) is 18.9 Å². The highest BCUT2D eigenvalue weighted by molar-refractivity contribution is 6.33. The average Bonchev–Trinajstić information content (AvgIpc) is 2.78. The van der Waals surface area contributed by atoms with Gasteiger partial charge < -0.3 is 10.1 Å². The van der Waals surface area contributed by atoms with E-state index in [0.29, 0.717) is 12.8 Å². The van der Waals surface area contributed by atoms with Crippen LogP contribution in [-0.4, -0.2) is 17.5 Å². The zero-order valence-electron chi connectivity index (χ0n) is 13.9. The van der Waals surface area contributed by atoms with Gasteiger partial charge in [-0.2, -0.15) is 13.2 Å². The van der Waals surface area contributed by atoms with Crippen molar-refractivity contribution in [2.45, 2.75) is 45.4 Å². The minimum Gasteiger partial charge on any atom is -0.448 e. The Morgan fingerprint density at radius 1 is 1.24 bits per heavy atom. The van der Waals surface area contributed by atoms with Crippen molar-refractivity contribution in [3.63, 3.8) is 0 Å². The molecule has 4 nitrogen and oxygen atoms in total.